The third-order valence-corrected chi connectivity index (χ3v) is 1.87. The van der Waals surface area contributed by atoms with Crippen LogP contribution in [0.3, 0.4) is 0 Å². The Morgan fingerprint density at radius 1 is 1.33 bits per heavy atom. The standard InChI is InChI=1S/C11H12F2O2/c1-7(2)10(14)8-4-3-5-9(6-8)15-11(12)13/h3-7,11H,1-2H3. The highest BCUT2D eigenvalue weighted by atomic mass is 19.3. The largest absolute Gasteiger partial charge is 0.435 e. The van der Waals surface area contributed by atoms with Crippen molar-refractivity contribution in [2.24, 2.45) is 5.92 Å². The summed E-state index contributed by atoms with van der Waals surface area (Å²) in [5.74, 6) is -0.238. The van der Waals surface area contributed by atoms with Gasteiger partial charge in [-0.1, -0.05) is 26.0 Å². The highest BCUT2D eigenvalue weighted by Gasteiger charge is 2.12. The molecule has 0 heterocycles. The van der Waals surface area contributed by atoms with Gasteiger partial charge in [0.2, 0.25) is 0 Å². The van der Waals surface area contributed by atoms with E-state index in [1.54, 1.807) is 19.9 Å². The van der Waals surface area contributed by atoms with E-state index >= 15 is 0 Å². The van der Waals surface area contributed by atoms with E-state index in [0.717, 1.165) is 0 Å². The fraction of sp³-hybridized carbons (Fsp3) is 0.364. The molecule has 0 radical (unpaired) electrons. The Bertz CT molecular complexity index is 348. The van der Waals surface area contributed by atoms with E-state index in [2.05, 4.69) is 4.74 Å². The van der Waals surface area contributed by atoms with Gasteiger partial charge in [0.15, 0.2) is 5.78 Å². The van der Waals surface area contributed by atoms with Crippen LogP contribution in [0.5, 0.6) is 5.75 Å². The molecule has 0 aliphatic heterocycles. The molecule has 0 atom stereocenters. The van der Waals surface area contributed by atoms with Crippen molar-refractivity contribution in [2.45, 2.75) is 20.5 Å². The Kier molecular flexibility index (Phi) is 3.77. The number of hydrogen-bond acceptors (Lipinski definition) is 2. The summed E-state index contributed by atoms with van der Waals surface area (Å²) < 4.78 is 28.0. The fourth-order valence-electron chi connectivity index (χ4n) is 1.16. The molecule has 0 aliphatic carbocycles. The first-order chi connectivity index (χ1) is 7.00. The molecule has 0 fully saturated rings. The minimum absolute atomic E-state index is 0.0106. The number of alkyl halides is 2. The summed E-state index contributed by atoms with van der Waals surface area (Å²) >= 11 is 0. The van der Waals surface area contributed by atoms with E-state index in [-0.39, 0.29) is 17.5 Å². The molecule has 0 aromatic heterocycles. The van der Waals surface area contributed by atoms with Gasteiger partial charge in [0, 0.05) is 11.5 Å². The smallest absolute Gasteiger partial charge is 0.387 e. The summed E-state index contributed by atoms with van der Waals surface area (Å²) in [5.41, 5.74) is 0.392. The van der Waals surface area contributed by atoms with Crippen LogP contribution in [0.2, 0.25) is 0 Å². The monoisotopic (exact) mass is 214 g/mol. The molecular weight excluding hydrogens is 202 g/mol. The van der Waals surface area contributed by atoms with E-state index in [0.29, 0.717) is 5.56 Å². The number of carbonyl (C=O) groups is 1. The molecule has 1 rings (SSSR count). The van der Waals surface area contributed by atoms with Gasteiger partial charge in [0.1, 0.15) is 5.75 Å². The van der Waals surface area contributed by atoms with Crippen LogP contribution in [0.25, 0.3) is 0 Å². The van der Waals surface area contributed by atoms with Gasteiger partial charge in [0.05, 0.1) is 0 Å². The van der Waals surface area contributed by atoms with Crippen molar-refractivity contribution in [1.82, 2.24) is 0 Å². The second kappa shape index (κ2) is 4.87. The normalized spacial score (nSPS) is 10.8. The first-order valence-electron chi connectivity index (χ1n) is 4.60. The number of hydrogen-bond donors (Lipinski definition) is 0. The lowest BCUT2D eigenvalue weighted by molar-refractivity contribution is -0.0498. The van der Waals surface area contributed by atoms with E-state index in [1.807, 2.05) is 0 Å². The molecule has 0 spiro atoms. The number of ketones is 1. The summed E-state index contributed by atoms with van der Waals surface area (Å²) in [7, 11) is 0. The number of carbonyl (C=O) groups excluding carboxylic acids is 1. The molecule has 0 saturated carbocycles. The lowest BCUT2D eigenvalue weighted by Crippen LogP contribution is -2.08. The molecule has 4 heteroatoms. The second-order valence-electron chi connectivity index (χ2n) is 3.43. The van der Waals surface area contributed by atoms with Crippen LogP contribution in [-0.4, -0.2) is 12.4 Å². The fourth-order valence-corrected chi connectivity index (χ4v) is 1.16. The zero-order valence-electron chi connectivity index (χ0n) is 8.54. The van der Waals surface area contributed by atoms with Crippen molar-refractivity contribution < 1.29 is 18.3 Å². The predicted molar refractivity (Wildman–Crippen MR) is 52.2 cm³/mol. The Balaban J connectivity index is 2.87. The molecule has 0 bridgehead atoms. The Labute approximate surface area is 86.9 Å². The highest BCUT2D eigenvalue weighted by Crippen LogP contribution is 2.18. The molecule has 82 valence electrons. The molecule has 15 heavy (non-hydrogen) atoms. The van der Waals surface area contributed by atoms with Gasteiger partial charge in [-0.25, -0.2) is 0 Å². The van der Waals surface area contributed by atoms with Crippen molar-refractivity contribution in [3.05, 3.63) is 29.8 Å². The van der Waals surface area contributed by atoms with Crippen molar-refractivity contribution in [1.29, 1.82) is 0 Å². The number of benzene rings is 1. The first kappa shape index (κ1) is 11.6. The average molecular weight is 214 g/mol. The van der Waals surface area contributed by atoms with Crippen LogP contribution in [0, 0.1) is 5.92 Å². The Hall–Kier alpha value is -1.45. The minimum atomic E-state index is -2.87. The maximum atomic E-state index is 11.9. The van der Waals surface area contributed by atoms with Gasteiger partial charge in [-0.15, -0.1) is 0 Å². The molecule has 1 aromatic rings. The second-order valence-corrected chi connectivity index (χ2v) is 3.43. The van der Waals surface area contributed by atoms with Gasteiger partial charge < -0.3 is 4.74 Å². The van der Waals surface area contributed by atoms with Gasteiger partial charge in [-0.3, -0.25) is 4.79 Å². The molecule has 0 amide bonds. The van der Waals surface area contributed by atoms with E-state index in [9.17, 15) is 13.6 Å². The number of halogens is 2. The summed E-state index contributed by atoms with van der Waals surface area (Å²) in [4.78, 5) is 11.5. The van der Waals surface area contributed by atoms with Crippen LogP contribution in [0.4, 0.5) is 8.78 Å². The van der Waals surface area contributed by atoms with Crippen molar-refractivity contribution in [2.75, 3.05) is 0 Å². The van der Waals surface area contributed by atoms with Gasteiger partial charge in [0.25, 0.3) is 0 Å². The molecule has 2 nitrogen and oxygen atoms in total. The Morgan fingerprint density at radius 2 is 2.00 bits per heavy atom. The average Bonchev–Trinajstić information content (AvgIpc) is 2.16. The SMILES string of the molecule is CC(C)C(=O)c1cccc(OC(F)F)c1. The lowest BCUT2D eigenvalue weighted by Gasteiger charge is -2.07. The third-order valence-electron chi connectivity index (χ3n) is 1.87. The van der Waals surface area contributed by atoms with E-state index in [1.165, 1.54) is 18.2 Å². The summed E-state index contributed by atoms with van der Waals surface area (Å²) in [6, 6.07) is 5.83. The van der Waals surface area contributed by atoms with Crippen molar-refractivity contribution in [3.63, 3.8) is 0 Å². The molecule has 1 aromatic carbocycles. The van der Waals surface area contributed by atoms with Gasteiger partial charge in [-0.2, -0.15) is 8.78 Å². The van der Waals surface area contributed by atoms with Crippen LogP contribution < -0.4 is 4.74 Å². The summed E-state index contributed by atoms with van der Waals surface area (Å²) in [6.45, 7) is 0.640. The topological polar surface area (TPSA) is 26.3 Å². The summed E-state index contributed by atoms with van der Waals surface area (Å²) in [5, 5.41) is 0. The van der Waals surface area contributed by atoms with Crippen LogP contribution in [0.15, 0.2) is 24.3 Å². The minimum Gasteiger partial charge on any atom is -0.435 e. The maximum Gasteiger partial charge on any atom is 0.387 e. The lowest BCUT2D eigenvalue weighted by atomic mass is 10.0. The zero-order chi connectivity index (χ0) is 11.4. The zero-order valence-corrected chi connectivity index (χ0v) is 8.54. The van der Waals surface area contributed by atoms with E-state index < -0.39 is 6.61 Å². The molecule has 0 aliphatic rings. The maximum absolute atomic E-state index is 11.9. The highest BCUT2D eigenvalue weighted by molar-refractivity contribution is 5.97. The summed E-state index contributed by atoms with van der Waals surface area (Å²) in [6.07, 6.45) is 0. The molecule has 0 unspecified atom stereocenters. The number of ether oxygens (including phenoxy) is 1. The van der Waals surface area contributed by atoms with Crippen LogP contribution in [-0.2, 0) is 0 Å². The van der Waals surface area contributed by atoms with Gasteiger partial charge in [-0.05, 0) is 12.1 Å². The van der Waals surface area contributed by atoms with Crippen molar-refractivity contribution in [3.8, 4) is 5.75 Å². The third kappa shape index (κ3) is 3.31. The van der Waals surface area contributed by atoms with Crippen molar-refractivity contribution >= 4 is 5.78 Å². The van der Waals surface area contributed by atoms with Gasteiger partial charge >= 0.3 is 6.61 Å². The number of rotatable bonds is 4. The number of Topliss-reactive ketones (excluding diaryl/α,β-unsaturated/α-hetero) is 1. The first-order valence-corrected chi connectivity index (χ1v) is 4.60. The van der Waals surface area contributed by atoms with Crippen LogP contribution in [0.1, 0.15) is 24.2 Å². The van der Waals surface area contributed by atoms with E-state index in [4.69, 9.17) is 0 Å². The Morgan fingerprint density at radius 3 is 2.53 bits per heavy atom. The quantitative estimate of drug-likeness (QED) is 0.720. The molecular formula is C11H12F2O2. The molecule has 0 N–H and O–H groups in total. The predicted octanol–water partition coefficient (Wildman–Crippen LogP) is 3.13. The van der Waals surface area contributed by atoms with Crippen LogP contribution >= 0.6 is 0 Å². The molecule has 0 saturated heterocycles.